The van der Waals surface area contributed by atoms with Crippen LogP contribution in [0, 0.1) is 0 Å². The molecular formula is C30H30N4O3. The summed E-state index contributed by atoms with van der Waals surface area (Å²) in [5.41, 5.74) is 8.43. The molecule has 0 bridgehead atoms. The molecule has 5 rings (SSSR count). The number of nitrogens with one attached hydrogen (secondary N) is 1. The summed E-state index contributed by atoms with van der Waals surface area (Å²) >= 11 is 0. The van der Waals surface area contributed by atoms with E-state index in [4.69, 9.17) is 5.11 Å². The Morgan fingerprint density at radius 1 is 0.973 bits per heavy atom. The van der Waals surface area contributed by atoms with E-state index in [0.29, 0.717) is 5.56 Å². The normalized spacial score (nSPS) is 15.7. The molecule has 0 spiro atoms. The molecule has 2 heterocycles. The number of carboxylic acid groups (broad SMARTS) is 1. The number of hydrogen-bond donors (Lipinski definition) is 2. The van der Waals surface area contributed by atoms with Crippen molar-refractivity contribution in [2.45, 2.75) is 12.8 Å². The van der Waals surface area contributed by atoms with Crippen molar-refractivity contribution in [1.82, 2.24) is 9.88 Å². The van der Waals surface area contributed by atoms with E-state index in [1.165, 1.54) is 28.3 Å². The SMILES string of the molecule is C=CC(=O)Nc1ccc2c(c1)CCC(CN1CCN(c3ccc(C(=O)O)cc3)CC1)=C2c1ccncc1. The van der Waals surface area contributed by atoms with Crippen molar-refractivity contribution in [3.63, 3.8) is 0 Å². The van der Waals surface area contributed by atoms with Gasteiger partial charge in [-0.25, -0.2) is 4.79 Å². The molecule has 2 aromatic carbocycles. The molecule has 37 heavy (non-hydrogen) atoms. The molecule has 1 saturated heterocycles. The van der Waals surface area contributed by atoms with Crippen LogP contribution in [0.5, 0.6) is 0 Å². The standard InChI is InChI=1S/C30H30N4O3/c1-2-28(35)32-25-7-10-27-23(19-25)3-4-24(29(27)21-11-13-31-14-12-21)20-33-15-17-34(18-16-33)26-8-5-22(6-9-26)30(36)37/h2,5-14,19H,1,3-4,15-18,20H2,(H,32,35)(H,36,37). The summed E-state index contributed by atoms with van der Waals surface area (Å²) in [5, 5.41) is 12.0. The van der Waals surface area contributed by atoms with E-state index in [2.05, 4.69) is 50.9 Å². The first kappa shape index (κ1) is 24.5. The quantitative estimate of drug-likeness (QED) is 0.472. The van der Waals surface area contributed by atoms with Gasteiger partial charge in [0.05, 0.1) is 5.56 Å². The zero-order chi connectivity index (χ0) is 25.8. The minimum Gasteiger partial charge on any atom is -0.478 e. The van der Waals surface area contributed by atoms with Crippen LogP contribution in [-0.4, -0.2) is 59.6 Å². The number of aromatic carboxylic acids is 1. The second-order valence-corrected chi connectivity index (χ2v) is 9.39. The van der Waals surface area contributed by atoms with Gasteiger partial charge in [0.2, 0.25) is 5.91 Å². The van der Waals surface area contributed by atoms with Crippen LogP contribution in [-0.2, 0) is 11.2 Å². The van der Waals surface area contributed by atoms with E-state index in [0.717, 1.165) is 62.5 Å². The Balaban J connectivity index is 1.35. The van der Waals surface area contributed by atoms with Crippen molar-refractivity contribution in [1.29, 1.82) is 0 Å². The number of carbonyl (C=O) groups excluding carboxylic acids is 1. The van der Waals surface area contributed by atoms with Gasteiger partial charge in [0, 0.05) is 56.5 Å². The predicted molar refractivity (Wildman–Crippen MR) is 146 cm³/mol. The average Bonchev–Trinajstić information content (AvgIpc) is 2.94. The monoisotopic (exact) mass is 494 g/mol. The highest BCUT2D eigenvalue weighted by atomic mass is 16.4. The molecule has 2 aliphatic rings. The Morgan fingerprint density at radius 3 is 2.38 bits per heavy atom. The molecule has 1 aliphatic heterocycles. The zero-order valence-corrected chi connectivity index (χ0v) is 20.7. The number of piperazine rings is 1. The average molecular weight is 495 g/mol. The van der Waals surface area contributed by atoms with Crippen LogP contribution >= 0.6 is 0 Å². The van der Waals surface area contributed by atoms with E-state index in [1.807, 2.05) is 30.6 Å². The minimum atomic E-state index is -0.901. The predicted octanol–water partition coefficient (Wildman–Crippen LogP) is 4.47. The number of anilines is 2. The Bertz CT molecular complexity index is 1340. The number of pyridine rings is 1. The number of benzene rings is 2. The minimum absolute atomic E-state index is 0.210. The maximum absolute atomic E-state index is 11.8. The van der Waals surface area contributed by atoms with Gasteiger partial charge >= 0.3 is 5.97 Å². The highest BCUT2D eigenvalue weighted by Gasteiger charge is 2.24. The van der Waals surface area contributed by atoms with Gasteiger partial charge in [-0.1, -0.05) is 12.6 Å². The second kappa shape index (κ2) is 10.8. The fourth-order valence-corrected chi connectivity index (χ4v) is 5.20. The summed E-state index contributed by atoms with van der Waals surface area (Å²) in [6, 6.07) is 17.4. The topological polar surface area (TPSA) is 85.8 Å². The molecule has 188 valence electrons. The van der Waals surface area contributed by atoms with E-state index < -0.39 is 5.97 Å². The van der Waals surface area contributed by atoms with Crippen molar-refractivity contribution >= 4 is 28.8 Å². The maximum Gasteiger partial charge on any atom is 0.335 e. The zero-order valence-electron chi connectivity index (χ0n) is 20.7. The Kier molecular flexibility index (Phi) is 7.14. The maximum atomic E-state index is 11.8. The van der Waals surface area contributed by atoms with E-state index in [-0.39, 0.29) is 5.91 Å². The van der Waals surface area contributed by atoms with Crippen molar-refractivity contribution in [2.75, 3.05) is 42.9 Å². The number of amides is 1. The van der Waals surface area contributed by atoms with Gasteiger partial charge in [-0.3, -0.25) is 14.7 Å². The Morgan fingerprint density at radius 2 is 1.70 bits per heavy atom. The lowest BCUT2D eigenvalue weighted by atomic mass is 9.82. The Hall–Kier alpha value is -4.23. The smallest absolute Gasteiger partial charge is 0.335 e. The van der Waals surface area contributed by atoms with E-state index in [9.17, 15) is 9.59 Å². The first-order valence-electron chi connectivity index (χ1n) is 12.5. The molecular weight excluding hydrogens is 464 g/mol. The molecule has 1 amide bonds. The number of nitrogens with zero attached hydrogens (tertiary/aromatic N) is 3. The fraction of sp³-hybridized carbons (Fsp3) is 0.233. The molecule has 7 heteroatoms. The van der Waals surface area contributed by atoms with Gasteiger partial charge in [0.15, 0.2) is 0 Å². The van der Waals surface area contributed by atoms with Crippen LogP contribution in [0.3, 0.4) is 0 Å². The lowest BCUT2D eigenvalue weighted by molar-refractivity contribution is -0.111. The van der Waals surface area contributed by atoms with Crippen LogP contribution in [0.1, 0.15) is 33.5 Å². The third-order valence-corrected chi connectivity index (χ3v) is 7.11. The molecule has 0 unspecified atom stereocenters. The summed E-state index contributed by atoms with van der Waals surface area (Å²) in [6.07, 6.45) is 6.83. The third kappa shape index (κ3) is 5.47. The van der Waals surface area contributed by atoms with Crippen LogP contribution in [0.15, 0.2) is 85.2 Å². The highest BCUT2D eigenvalue weighted by molar-refractivity contribution is 5.99. The van der Waals surface area contributed by atoms with Crippen LogP contribution in [0.2, 0.25) is 0 Å². The number of rotatable bonds is 7. The first-order valence-corrected chi connectivity index (χ1v) is 12.5. The molecule has 1 aliphatic carbocycles. The van der Waals surface area contributed by atoms with Crippen molar-refractivity contribution in [2.24, 2.45) is 0 Å². The molecule has 7 nitrogen and oxygen atoms in total. The van der Waals surface area contributed by atoms with Crippen molar-refractivity contribution < 1.29 is 14.7 Å². The third-order valence-electron chi connectivity index (χ3n) is 7.11. The fourth-order valence-electron chi connectivity index (χ4n) is 5.20. The molecule has 0 atom stereocenters. The lowest BCUT2D eigenvalue weighted by Gasteiger charge is -2.37. The molecule has 2 N–H and O–H groups in total. The molecule has 3 aromatic rings. The number of carboxylic acids is 1. The largest absolute Gasteiger partial charge is 0.478 e. The number of hydrogen-bond acceptors (Lipinski definition) is 5. The first-order chi connectivity index (χ1) is 18.0. The van der Waals surface area contributed by atoms with Gasteiger partial charge in [-0.05, 0) is 95.3 Å². The highest BCUT2D eigenvalue weighted by Crippen LogP contribution is 2.37. The van der Waals surface area contributed by atoms with Gasteiger partial charge < -0.3 is 15.3 Å². The van der Waals surface area contributed by atoms with Crippen LogP contribution < -0.4 is 10.2 Å². The van der Waals surface area contributed by atoms with E-state index >= 15 is 0 Å². The van der Waals surface area contributed by atoms with E-state index in [1.54, 1.807) is 12.1 Å². The van der Waals surface area contributed by atoms with Crippen molar-refractivity contribution in [3.8, 4) is 0 Å². The van der Waals surface area contributed by atoms with Crippen molar-refractivity contribution in [3.05, 3.63) is 107 Å². The van der Waals surface area contributed by atoms with Gasteiger partial charge in [0.25, 0.3) is 0 Å². The van der Waals surface area contributed by atoms with Gasteiger partial charge in [0.1, 0.15) is 0 Å². The second-order valence-electron chi connectivity index (χ2n) is 9.39. The summed E-state index contributed by atoms with van der Waals surface area (Å²) < 4.78 is 0. The molecule has 0 radical (unpaired) electrons. The van der Waals surface area contributed by atoms with Crippen LogP contribution in [0.4, 0.5) is 11.4 Å². The summed E-state index contributed by atoms with van der Waals surface area (Å²) in [6.45, 7) is 8.11. The van der Waals surface area contributed by atoms with Crippen LogP contribution in [0.25, 0.3) is 5.57 Å². The number of fused-ring (bicyclic) bond motifs is 1. The number of aryl methyl sites for hydroxylation is 1. The summed E-state index contributed by atoms with van der Waals surface area (Å²) in [7, 11) is 0. The lowest BCUT2D eigenvalue weighted by Crippen LogP contribution is -2.47. The molecule has 0 saturated carbocycles. The summed E-state index contributed by atoms with van der Waals surface area (Å²) in [5.74, 6) is -1.11. The number of aromatic nitrogens is 1. The summed E-state index contributed by atoms with van der Waals surface area (Å²) in [4.78, 5) is 32.0. The number of carbonyl (C=O) groups is 2. The van der Waals surface area contributed by atoms with Gasteiger partial charge in [-0.15, -0.1) is 0 Å². The molecule has 1 fully saturated rings. The molecule has 1 aromatic heterocycles. The van der Waals surface area contributed by atoms with Gasteiger partial charge in [-0.2, -0.15) is 0 Å². The Labute approximate surface area is 216 Å².